The summed E-state index contributed by atoms with van der Waals surface area (Å²) in [6, 6.07) is 1.99. The molecule has 13 heavy (non-hydrogen) atoms. The van der Waals surface area contributed by atoms with E-state index in [2.05, 4.69) is 16.9 Å². The first-order valence-electron chi connectivity index (χ1n) is 4.24. The molecule has 0 aliphatic carbocycles. The molecule has 0 N–H and O–H groups in total. The number of aryl methyl sites for hydroxylation is 1. The van der Waals surface area contributed by atoms with E-state index in [-0.39, 0.29) is 0 Å². The van der Waals surface area contributed by atoms with E-state index in [4.69, 9.17) is 0 Å². The van der Waals surface area contributed by atoms with E-state index in [0.717, 1.165) is 11.5 Å². The van der Waals surface area contributed by atoms with Crippen LogP contribution in [0.3, 0.4) is 0 Å². The average molecular weight is 177 g/mol. The van der Waals surface area contributed by atoms with Crippen molar-refractivity contribution in [2.24, 2.45) is 4.99 Å². The third kappa shape index (κ3) is 2.05. The summed E-state index contributed by atoms with van der Waals surface area (Å²) in [6.45, 7) is 4.04. The van der Waals surface area contributed by atoms with Gasteiger partial charge in [0, 0.05) is 20.3 Å². The summed E-state index contributed by atoms with van der Waals surface area (Å²) in [6.07, 6.45) is 3.65. The Kier molecular flexibility index (Phi) is 3.01. The third-order valence-corrected chi connectivity index (χ3v) is 2.18. The summed E-state index contributed by atoms with van der Waals surface area (Å²) in [5.41, 5.74) is 2.31. The summed E-state index contributed by atoms with van der Waals surface area (Å²) in [5.74, 6) is 0.983. The van der Waals surface area contributed by atoms with Crippen molar-refractivity contribution in [3.63, 3.8) is 0 Å². The first-order valence-corrected chi connectivity index (χ1v) is 4.24. The molecule has 70 valence electrons. The van der Waals surface area contributed by atoms with E-state index in [9.17, 15) is 0 Å². The minimum Gasteiger partial charge on any atom is -0.332 e. The fourth-order valence-corrected chi connectivity index (χ4v) is 1.13. The van der Waals surface area contributed by atoms with Gasteiger partial charge < -0.3 is 4.90 Å². The van der Waals surface area contributed by atoms with Crippen LogP contribution in [0, 0.1) is 6.92 Å². The number of anilines is 1. The molecule has 0 fully saturated rings. The van der Waals surface area contributed by atoms with E-state index < -0.39 is 0 Å². The van der Waals surface area contributed by atoms with Crippen LogP contribution in [0.25, 0.3) is 0 Å². The maximum atomic E-state index is 4.12. The molecule has 0 saturated heterocycles. The third-order valence-electron chi connectivity index (χ3n) is 2.18. The Morgan fingerprint density at radius 2 is 2.23 bits per heavy atom. The number of pyridine rings is 1. The lowest BCUT2D eigenvalue weighted by Gasteiger charge is -2.19. The van der Waals surface area contributed by atoms with Crippen LogP contribution in [0.4, 0.5) is 5.69 Å². The molecule has 0 spiro atoms. The molecule has 0 amide bonds. The van der Waals surface area contributed by atoms with Gasteiger partial charge in [-0.3, -0.25) is 9.98 Å². The number of amidine groups is 1. The van der Waals surface area contributed by atoms with Crippen LogP contribution in [0.15, 0.2) is 23.5 Å². The van der Waals surface area contributed by atoms with Crippen LogP contribution in [-0.2, 0) is 0 Å². The highest BCUT2D eigenvalue weighted by molar-refractivity contribution is 5.95. The number of hydrogen-bond acceptors (Lipinski definition) is 2. The van der Waals surface area contributed by atoms with Crippen LogP contribution < -0.4 is 4.90 Å². The van der Waals surface area contributed by atoms with Crippen LogP contribution in [0.5, 0.6) is 0 Å². The zero-order valence-electron chi connectivity index (χ0n) is 8.57. The van der Waals surface area contributed by atoms with Crippen molar-refractivity contribution < 1.29 is 0 Å². The maximum Gasteiger partial charge on any atom is 0.0996 e. The van der Waals surface area contributed by atoms with Gasteiger partial charge in [0.15, 0.2) is 0 Å². The molecule has 3 heteroatoms. The molecule has 1 heterocycles. The number of hydrogen-bond donors (Lipinski definition) is 0. The van der Waals surface area contributed by atoms with Crippen molar-refractivity contribution in [2.75, 3.05) is 19.0 Å². The van der Waals surface area contributed by atoms with Crippen molar-refractivity contribution >= 4 is 11.5 Å². The lowest BCUT2D eigenvalue weighted by molar-refractivity contribution is 1.16. The van der Waals surface area contributed by atoms with Crippen molar-refractivity contribution in [3.05, 3.63) is 24.0 Å². The van der Waals surface area contributed by atoms with Gasteiger partial charge in [-0.2, -0.15) is 0 Å². The van der Waals surface area contributed by atoms with Crippen molar-refractivity contribution in [1.29, 1.82) is 0 Å². The van der Waals surface area contributed by atoms with Crippen LogP contribution in [0.2, 0.25) is 0 Å². The van der Waals surface area contributed by atoms with E-state index in [1.54, 1.807) is 13.2 Å². The lowest BCUT2D eigenvalue weighted by atomic mass is 10.2. The Morgan fingerprint density at radius 3 is 2.77 bits per heavy atom. The first kappa shape index (κ1) is 9.71. The molecule has 1 rings (SSSR count). The van der Waals surface area contributed by atoms with Gasteiger partial charge in [0.05, 0.1) is 17.7 Å². The molecule has 0 atom stereocenters. The van der Waals surface area contributed by atoms with Gasteiger partial charge in [0.2, 0.25) is 0 Å². The maximum absolute atomic E-state index is 4.12. The summed E-state index contributed by atoms with van der Waals surface area (Å²) in [5, 5.41) is 0. The number of rotatable bonds is 1. The summed E-state index contributed by atoms with van der Waals surface area (Å²) < 4.78 is 0. The molecule has 0 bridgehead atoms. The molecule has 1 aromatic rings. The molecule has 0 saturated carbocycles. The molecule has 0 radical (unpaired) electrons. The number of aliphatic imine (C=N–C) groups is 1. The van der Waals surface area contributed by atoms with Gasteiger partial charge in [-0.05, 0) is 25.5 Å². The summed E-state index contributed by atoms with van der Waals surface area (Å²) in [7, 11) is 3.78. The fourth-order valence-electron chi connectivity index (χ4n) is 1.13. The minimum atomic E-state index is 0.983. The Balaban J connectivity index is 3.02. The molecule has 0 unspecified atom stereocenters. The lowest BCUT2D eigenvalue weighted by Crippen LogP contribution is -2.24. The van der Waals surface area contributed by atoms with E-state index >= 15 is 0 Å². The zero-order chi connectivity index (χ0) is 9.84. The predicted molar refractivity (Wildman–Crippen MR) is 56.4 cm³/mol. The van der Waals surface area contributed by atoms with Crippen LogP contribution in [0.1, 0.15) is 12.5 Å². The first-order chi connectivity index (χ1) is 6.16. The van der Waals surface area contributed by atoms with Crippen molar-refractivity contribution in [3.8, 4) is 0 Å². The highest BCUT2D eigenvalue weighted by Crippen LogP contribution is 2.16. The second-order valence-electron chi connectivity index (χ2n) is 2.99. The molecule has 3 nitrogen and oxygen atoms in total. The predicted octanol–water partition coefficient (Wildman–Crippen LogP) is 1.87. The highest BCUT2D eigenvalue weighted by Gasteiger charge is 2.05. The Bertz CT molecular complexity index is 318. The molecular weight excluding hydrogens is 162 g/mol. The standard InChI is InChI=1S/C10H15N3/c1-8-5-6-12-7-10(8)13(4)9(2)11-3/h5-7H,1-4H3. The van der Waals surface area contributed by atoms with Crippen molar-refractivity contribution in [1.82, 2.24) is 4.98 Å². The quantitative estimate of drug-likeness (QED) is 0.484. The van der Waals surface area contributed by atoms with Crippen LogP contribution >= 0.6 is 0 Å². The summed E-state index contributed by atoms with van der Waals surface area (Å²) >= 11 is 0. The Morgan fingerprint density at radius 1 is 1.54 bits per heavy atom. The molecule has 0 aliphatic heterocycles. The van der Waals surface area contributed by atoms with E-state index in [1.807, 2.05) is 31.1 Å². The molecule has 0 aromatic carbocycles. The van der Waals surface area contributed by atoms with Gasteiger partial charge in [0.1, 0.15) is 0 Å². The smallest absolute Gasteiger partial charge is 0.0996 e. The highest BCUT2D eigenvalue weighted by atomic mass is 15.2. The fraction of sp³-hybridized carbons (Fsp3) is 0.400. The second kappa shape index (κ2) is 4.03. The van der Waals surface area contributed by atoms with Crippen LogP contribution in [-0.4, -0.2) is 24.9 Å². The summed E-state index contributed by atoms with van der Waals surface area (Å²) in [4.78, 5) is 10.2. The Labute approximate surface area is 79.1 Å². The molecule has 0 aliphatic rings. The zero-order valence-corrected chi connectivity index (χ0v) is 8.57. The molecule has 1 aromatic heterocycles. The SMILES string of the molecule is CN=C(C)N(C)c1cnccc1C. The van der Waals surface area contributed by atoms with E-state index in [1.165, 1.54) is 5.56 Å². The van der Waals surface area contributed by atoms with Gasteiger partial charge in [-0.1, -0.05) is 0 Å². The largest absolute Gasteiger partial charge is 0.332 e. The Hall–Kier alpha value is -1.38. The monoisotopic (exact) mass is 177 g/mol. The number of nitrogens with zero attached hydrogens (tertiary/aromatic N) is 3. The van der Waals surface area contributed by atoms with Gasteiger partial charge in [-0.15, -0.1) is 0 Å². The second-order valence-corrected chi connectivity index (χ2v) is 2.99. The topological polar surface area (TPSA) is 28.5 Å². The molecular formula is C10H15N3. The minimum absolute atomic E-state index is 0.983. The van der Waals surface area contributed by atoms with Gasteiger partial charge >= 0.3 is 0 Å². The van der Waals surface area contributed by atoms with E-state index in [0.29, 0.717) is 0 Å². The normalized spacial score (nSPS) is 11.5. The van der Waals surface area contributed by atoms with Crippen molar-refractivity contribution in [2.45, 2.75) is 13.8 Å². The number of aromatic nitrogens is 1. The van der Waals surface area contributed by atoms with Gasteiger partial charge in [-0.25, -0.2) is 0 Å². The average Bonchev–Trinajstić information content (AvgIpc) is 2.16. The van der Waals surface area contributed by atoms with Gasteiger partial charge in [0.25, 0.3) is 0 Å².